The number of rotatable bonds is 6. The monoisotopic (exact) mass is 362 g/mol. The minimum Gasteiger partial charge on any atom is -0.351 e. The van der Waals surface area contributed by atoms with E-state index in [0.717, 1.165) is 30.9 Å². The maximum absolute atomic E-state index is 12.6. The van der Waals surface area contributed by atoms with E-state index >= 15 is 0 Å². The summed E-state index contributed by atoms with van der Waals surface area (Å²) in [4.78, 5) is 29.9. The highest BCUT2D eigenvalue weighted by Crippen LogP contribution is 2.19. The molecule has 1 aliphatic heterocycles. The van der Waals surface area contributed by atoms with Crippen LogP contribution in [0, 0.1) is 0 Å². The largest absolute Gasteiger partial charge is 0.351 e. The summed E-state index contributed by atoms with van der Waals surface area (Å²) < 4.78 is 1.96. The molecule has 1 aliphatic rings. The van der Waals surface area contributed by atoms with Crippen LogP contribution in [-0.4, -0.2) is 44.1 Å². The van der Waals surface area contributed by atoms with Gasteiger partial charge in [-0.1, -0.05) is 6.92 Å². The molecule has 0 spiro atoms. The minimum absolute atomic E-state index is 0.0242. The van der Waals surface area contributed by atoms with Crippen molar-refractivity contribution in [3.8, 4) is 0 Å². The fourth-order valence-corrected chi connectivity index (χ4v) is 3.53. The van der Waals surface area contributed by atoms with Gasteiger partial charge in [0.1, 0.15) is 0 Å². The van der Waals surface area contributed by atoms with Gasteiger partial charge in [0.25, 0.3) is 0 Å². The van der Waals surface area contributed by atoms with Crippen LogP contribution >= 0.6 is 11.3 Å². The van der Waals surface area contributed by atoms with Gasteiger partial charge in [0.05, 0.1) is 30.5 Å². The quantitative estimate of drug-likeness (QED) is 0.806. The van der Waals surface area contributed by atoms with Crippen LogP contribution in [0.3, 0.4) is 0 Å². The second kappa shape index (κ2) is 7.75. The Morgan fingerprint density at radius 3 is 2.92 bits per heavy atom. The first-order chi connectivity index (χ1) is 12.1. The van der Waals surface area contributed by atoms with E-state index in [1.165, 1.54) is 18.3 Å². The van der Waals surface area contributed by atoms with Gasteiger partial charge in [0.15, 0.2) is 5.13 Å². The van der Waals surface area contributed by atoms with Crippen molar-refractivity contribution in [3.63, 3.8) is 0 Å². The molecule has 0 aliphatic carbocycles. The molecule has 8 nitrogen and oxygen atoms in total. The zero-order chi connectivity index (χ0) is 17.8. The van der Waals surface area contributed by atoms with Crippen molar-refractivity contribution in [1.29, 1.82) is 0 Å². The number of carbonyl (C=O) groups is 2. The van der Waals surface area contributed by atoms with Crippen molar-refractivity contribution in [1.82, 2.24) is 25.0 Å². The molecule has 2 N–H and O–H groups in total. The second-order valence-corrected chi connectivity index (χ2v) is 6.88. The number of fused-ring (bicyclic) bond motifs is 1. The normalized spacial score (nSPS) is 15.4. The molecule has 3 heterocycles. The lowest BCUT2D eigenvalue weighted by molar-refractivity contribution is -0.122. The van der Waals surface area contributed by atoms with Crippen LogP contribution in [0.1, 0.15) is 31.7 Å². The molecule has 0 aromatic carbocycles. The lowest BCUT2D eigenvalue weighted by Crippen LogP contribution is -2.47. The Hall–Kier alpha value is -2.26. The minimum atomic E-state index is -0.202. The topological polar surface area (TPSA) is 92.2 Å². The number of nitrogens with zero attached hydrogens (tertiary/aromatic N) is 4. The zero-order valence-electron chi connectivity index (χ0n) is 14.4. The Morgan fingerprint density at radius 2 is 2.24 bits per heavy atom. The summed E-state index contributed by atoms with van der Waals surface area (Å²) in [7, 11) is 0. The van der Waals surface area contributed by atoms with Gasteiger partial charge >= 0.3 is 0 Å². The van der Waals surface area contributed by atoms with Crippen LogP contribution in [0.15, 0.2) is 17.6 Å². The van der Waals surface area contributed by atoms with E-state index in [9.17, 15) is 9.59 Å². The number of amides is 2. The van der Waals surface area contributed by atoms with E-state index < -0.39 is 0 Å². The highest BCUT2D eigenvalue weighted by Gasteiger charge is 2.28. The SMILES string of the molecule is CC[C@H](C(=O)Nc1nccs1)N1CCn2nc(CNC(C)=O)cc2C1. The lowest BCUT2D eigenvalue weighted by Gasteiger charge is -2.33. The third kappa shape index (κ3) is 4.23. The van der Waals surface area contributed by atoms with E-state index in [1.807, 2.05) is 23.1 Å². The average Bonchev–Trinajstić information content (AvgIpc) is 3.22. The molecule has 1 atom stereocenters. The predicted molar refractivity (Wildman–Crippen MR) is 95.0 cm³/mol. The Labute approximate surface area is 150 Å². The van der Waals surface area contributed by atoms with Crippen LogP contribution in [-0.2, 0) is 29.2 Å². The number of hydrogen-bond donors (Lipinski definition) is 2. The first kappa shape index (κ1) is 17.6. The summed E-state index contributed by atoms with van der Waals surface area (Å²) in [6.45, 7) is 6.09. The van der Waals surface area contributed by atoms with Gasteiger partial charge in [-0.25, -0.2) is 4.98 Å². The highest BCUT2D eigenvalue weighted by molar-refractivity contribution is 7.13. The third-order valence-corrected chi connectivity index (χ3v) is 4.88. The Bertz CT molecular complexity index is 742. The molecule has 0 fully saturated rings. The molecule has 2 aromatic rings. The molecule has 134 valence electrons. The zero-order valence-corrected chi connectivity index (χ0v) is 15.2. The van der Waals surface area contributed by atoms with Crippen molar-refractivity contribution >= 4 is 28.3 Å². The number of nitrogens with one attached hydrogen (secondary N) is 2. The highest BCUT2D eigenvalue weighted by atomic mass is 32.1. The van der Waals surface area contributed by atoms with Crippen molar-refractivity contribution in [2.75, 3.05) is 11.9 Å². The van der Waals surface area contributed by atoms with Gasteiger partial charge in [0, 0.05) is 31.6 Å². The van der Waals surface area contributed by atoms with Gasteiger partial charge < -0.3 is 10.6 Å². The molecule has 0 unspecified atom stereocenters. The summed E-state index contributed by atoms with van der Waals surface area (Å²) in [6, 6.07) is 1.79. The summed E-state index contributed by atoms with van der Waals surface area (Å²) in [5.41, 5.74) is 1.90. The maximum atomic E-state index is 12.6. The van der Waals surface area contributed by atoms with Crippen LogP contribution in [0.4, 0.5) is 5.13 Å². The third-order valence-electron chi connectivity index (χ3n) is 4.19. The summed E-state index contributed by atoms with van der Waals surface area (Å²) in [5, 5.41) is 12.6. The number of thiazole rings is 1. The van der Waals surface area contributed by atoms with Gasteiger partial charge in [0.2, 0.25) is 11.8 Å². The molecule has 0 bridgehead atoms. The standard InChI is InChI=1S/C16H22N6O2S/c1-3-14(15(24)19-16-17-4-7-25-16)21-5-6-22-13(10-21)8-12(20-22)9-18-11(2)23/h4,7-8,14H,3,5-6,9-10H2,1-2H3,(H,18,23)(H,17,19,24)/t14-/m1/s1. The molecule has 2 aromatic heterocycles. The van der Waals surface area contributed by atoms with E-state index in [4.69, 9.17) is 0 Å². The van der Waals surface area contributed by atoms with Gasteiger partial charge in [-0.15, -0.1) is 11.3 Å². The Balaban J connectivity index is 1.65. The van der Waals surface area contributed by atoms with Crippen molar-refractivity contribution in [2.24, 2.45) is 0 Å². The molecule has 3 rings (SSSR count). The number of carbonyl (C=O) groups excluding carboxylic acids is 2. The fraction of sp³-hybridized carbons (Fsp3) is 0.500. The van der Waals surface area contributed by atoms with Gasteiger partial charge in [-0.2, -0.15) is 5.10 Å². The second-order valence-electron chi connectivity index (χ2n) is 5.98. The molecule has 0 saturated carbocycles. The number of hydrogen-bond acceptors (Lipinski definition) is 6. The molecule has 25 heavy (non-hydrogen) atoms. The lowest BCUT2D eigenvalue weighted by atomic mass is 10.1. The summed E-state index contributed by atoms with van der Waals surface area (Å²) in [6.07, 6.45) is 2.40. The van der Waals surface area contributed by atoms with Crippen molar-refractivity contribution < 1.29 is 9.59 Å². The van der Waals surface area contributed by atoms with Crippen molar-refractivity contribution in [3.05, 3.63) is 29.0 Å². The molecular formula is C16H22N6O2S. The smallest absolute Gasteiger partial charge is 0.243 e. The summed E-state index contributed by atoms with van der Waals surface area (Å²) >= 11 is 1.42. The first-order valence-electron chi connectivity index (χ1n) is 8.31. The molecule has 0 saturated heterocycles. The first-order valence-corrected chi connectivity index (χ1v) is 9.19. The molecule has 9 heteroatoms. The fourth-order valence-electron chi connectivity index (χ4n) is 3.00. The molecule has 2 amide bonds. The van der Waals surface area contributed by atoms with Crippen LogP contribution in [0.2, 0.25) is 0 Å². The van der Waals surface area contributed by atoms with Crippen LogP contribution in [0.25, 0.3) is 0 Å². The van der Waals surface area contributed by atoms with Gasteiger partial charge in [-0.05, 0) is 12.5 Å². The molecule has 0 radical (unpaired) electrons. The molecular weight excluding hydrogens is 340 g/mol. The Morgan fingerprint density at radius 1 is 1.40 bits per heavy atom. The van der Waals surface area contributed by atoms with Gasteiger partial charge in [-0.3, -0.25) is 19.2 Å². The number of aromatic nitrogens is 3. The van der Waals surface area contributed by atoms with E-state index in [2.05, 4.69) is 25.6 Å². The van der Waals surface area contributed by atoms with E-state index in [1.54, 1.807) is 6.20 Å². The maximum Gasteiger partial charge on any atom is 0.243 e. The number of anilines is 1. The Kier molecular flexibility index (Phi) is 5.44. The summed E-state index contributed by atoms with van der Waals surface area (Å²) in [5.74, 6) is -0.0959. The average molecular weight is 362 g/mol. The van der Waals surface area contributed by atoms with Crippen LogP contribution < -0.4 is 10.6 Å². The van der Waals surface area contributed by atoms with E-state index in [-0.39, 0.29) is 17.9 Å². The predicted octanol–water partition coefficient (Wildman–Crippen LogP) is 1.21. The van der Waals surface area contributed by atoms with Crippen molar-refractivity contribution in [2.45, 2.75) is 45.9 Å². The van der Waals surface area contributed by atoms with Crippen LogP contribution in [0.5, 0.6) is 0 Å². The van der Waals surface area contributed by atoms with E-state index in [0.29, 0.717) is 18.2 Å².